The Morgan fingerprint density at radius 2 is 1.83 bits per heavy atom. The van der Waals surface area contributed by atoms with E-state index in [0.29, 0.717) is 18.0 Å². The summed E-state index contributed by atoms with van der Waals surface area (Å²) in [6.45, 7) is 1.55. The molecule has 0 radical (unpaired) electrons. The van der Waals surface area contributed by atoms with E-state index in [4.69, 9.17) is 0 Å². The summed E-state index contributed by atoms with van der Waals surface area (Å²) >= 11 is 0. The van der Waals surface area contributed by atoms with E-state index in [-0.39, 0.29) is 29.9 Å². The van der Waals surface area contributed by atoms with Crippen LogP contribution < -0.4 is 10.6 Å². The highest BCUT2D eigenvalue weighted by atomic mass is 127. The van der Waals surface area contributed by atoms with E-state index in [0.717, 1.165) is 18.1 Å². The molecule has 2 aromatic rings. The molecule has 1 amide bonds. The van der Waals surface area contributed by atoms with Crippen molar-refractivity contribution in [1.82, 2.24) is 15.5 Å². The van der Waals surface area contributed by atoms with Crippen LogP contribution in [0.25, 0.3) is 0 Å². The second-order valence-corrected chi connectivity index (χ2v) is 7.49. The fourth-order valence-electron chi connectivity index (χ4n) is 3.72. The van der Waals surface area contributed by atoms with Crippen LogP contribution in [0.1, 0.15) is 45.8 Å². The largest absolute Gasteiger partial charge is 0.356 e. The van der Waals surface area contributed by atoms with Crippen molar-refractivity contribution in [3.05, 3.63) is 70.8 Å². The van der Waals surface area contributed by atoms with E-state index in [1.165, 1.54) is 30.4 Å². The highest BCUT2D eigenvalue weighted by molar-refractivity contribution is 14.0. The van der Waals surface area contributed by atoms with Crippen LogP contribution in [-0.2, 0) is 13.0 Å². The molecule has 1 atom stereocenters. The molecule has 6 heteroatoms. The molecule has 1 aliphatic rings. The molecule has 0 aliphatic heterocycles. The fourth-order valence-corrected chi connectivity index (χ4v) is 3.72. The summed E-state index contributed by atoms with van der Waals surface area (Å²) in [6.07, 6.45) is 3.64. The van der Waals surface area contributed by atoms with Gasteiger partial charge in [0, 0.05) is 45.7 Å². The highest BCUT2D eigenvalue weighted by Crippen LogP contribution is 2.30. The molecule has 29 heavy (non-hydrogen) atoms. The number of aliphatic imine (C=N–C) groups is 1. The Morgan fingerprint density at radius 3 is 2.52 bits per heavy atom. The molecule has 1 unspecified atom stereocenters. The SMILES string of the molecule is CN=C(NCc1ccc(C(=O)N(C)C)cc1)NCC1CCCc2ccccc21.I. The first-order valence-electron chi connectivity index (χ1n) is 9.91. The third-order valence-electron chi connectivity index (χ3n) is 5.30. The lowest BCUT2D eigenvalue weighted by Crippen LogP contribution is -2.39. The molecule has 2 aromatic carbocycles. The zero-order valence-electron chi connectivity index (χ0n) is 17.4. The monoisotopic (exact) mass is 506 g/mol. The van der Waals surface area contributed by atoms with Gasteiger partial charge in [-0.1, -0.05) is 36.4 Å². The van der Waals surface area contributed by atoms with Crippen molar-refractivity contribution in [1.29, 1.82) is 0 Å². The predicted molar refractivity (Wildman–Crippen MR) is 130 cm³/mol. The first-order chi connectivity index (χ1) is 13.6. The molecule has 0 bridgehead atoms. The molecule has 0 heterocycles. The van der Waals surface area contributed by atoms with Crippen LogP contribution in [0, 0.1) is 0 Å². The fraction of sp³-hybridized carbons (Fsp3) is 0.391. The van der Waals surface area contributed by atoms with Crippen molar-refractivity contribution in [3.63, 3.8) is 0 Å². The van der Waals surface area contributed by atoms with Crippen LogP contribution in [-0.4, -0.2) is 44.5 Å². The van der Waals surface area contributed by atoms with Gasteiger partial charge in [-0.3, -0.25) is 9.79 Å². The van der Waals surface area contributed by atoms with Gasteiger partial charge in [0.1, 0.15) is 0 Å². The first-order valence-corrected chi connectivity index (χ1v) is 9.91. The summed E-state index contributed by atoms with van der Waals surface area (Å²) in [5.74, 6) is 1.35. The predicted octanol–water partition coefficient (Wildman–Crippen LogP) is 3.79. The Morgan fingerprint density at radius 1 is 1.10 bits per heavy atom. The molecule has 2 N–H and O–H groups in total. The second kappa shape index (κ2) is 11.2. The number of benzene rings is 2. The minimum absolute atomic E-state index is 0. The number of nitrogens with zero attached hydrogens (tertiary/aromatic N) is 2. The summed E-state index contributed by atoms with van der Waals surface area (Å²) in [5, 5.41) is 6.84. The first kappa shape index (κ1) is 23.2. The molecule has 0 aromatic heterocycles. The van der Waals surface area contributed by atoms with Gasteiger partial charge in [0.2, 0.25) is 0 Å². The minimum atomic E-state index is 0. The van der Waals surface area contributed by atoms with Gasteiger partial charge in [-0.2, -0.15) is 0 Å². The van der Waals surface area contributed by atoms with Crippen LogP contribution in [0.3, 0.4) is 0 Å². The molecule has 0 spiro atoms. The lowest BCUT2D eigenvalue weighted by molar-refractivity contribution is 0.0827. The van der Waals surface area contributed by atoms with E-state index < -0.39 is 0 Å². The number of amides is 1. The Bertz CT molecular complexity index is 833. The maximum Gasteiger partial charge on any atom is 0.253 e. The maximum absolute atomic E-state index is 12.0. The quantitative estimate of drug-likeness (QED) is 0.369. The van der Waals surface area contributed by atoms with Gasteiger partial charge in [0.15, 0.2) is 5.96 Å². The standard InChI is InChI=1S/C23H30N4O.HI/c1-24-23(25-15-17-11-13-19(14-12-17)22(28)27(2)3)26-16-20-9-6-8-18-7-4-5-10-21(18)20;/h4-5,7,10-14,20H,6,8-9,15-16H2,1-3H3,(H2,24,25,26);1H. The second-order valence-electron chi connectivity index (χ2n) is 7.49. The molecular weight excluding hydrogens is 475 g/mol. The number of fused-ring (bicyclic) bond motifs is 1. The molecule has 0 saturated heterocycles. The summed E-state index contributed by atoms with van der Waals surface area (Å²) < 4.78 is 0. The smallest absolute Gasteiger partial charge is 0.253 e. The van der Waals surface area contributed by atoms with Crippen molar-refractivity contribution in [2.45, 2.75) is 31.7 Å². The lowest BCUT2D eigenvalue weighted by atomic mass is 9.83. The van der Waals surface area contributed by atoms with E-state index in [1.807, 2.05) is 24.3 Å². The number of carbonyl (C=O) groups excluding carboxylic acids is 1. The minimum Gasteiger partial charge on any atom is -0.356 e. The molecule has 0 fully saturated rings. The van der Waals surface area contributed by atoms with Gasteiger partial charge in [-0.15, -0.1) is 24.0 Å². The third kappa shape index (κ3) is 6.19. The lowest BCUT2D eigenvalue weighted by Gasteiger charge is -2.26. The van der Waals surface area contributed by atoms with E-state index in [9.17, 15) is 4.79 Å². The maximum atomic E-state index is 12.0. The molecule has 1 aliphatic carbocycles. The number of hydrogen-bond donors (Lipinski definition) is 2. The van der Waals surface area contributed by atoms with Crippen LogP contribution in [0.4, 0.5) is 0 Å². The van der Waals surface area contributed by atoms with Crippen molar-refractivity contribution in [2.24, 2.45) is 4.99 Å². The van der Waals surface area contributed by atoms with Gasteiger partial charge in [0.05, 0.1) is 0 Å². The topological polar surface area (TPSA) is 56.7 Å². The van der Waals surface area contributed by atoms with Crippen molar-refractivity contribution < 1.29 is 4.79 Å². The van der Waals surface area contributed by atoms with Crippen LogP contribution in [0.15, 0.2) is 53.5 Å². The Labute approximate surface area is 191 Å². The summed E-state index contributed by atoms with van der Waals surface area (Å²) in [4.78, 5) is 17.9. The number of guanidine groups is 1. The molecule has 3 rings (SSSR count). The van der Waals surface area contributed by atoms with Gasteiger partial charge in [-0.25, -0.2) is 0 Å². The zero-order valence-corrected chi connectivity index (χ0v) is 19.8. The highest BCUT2D eigenvalue weighted by Gasteiger charge is 2.19. The zero-order chi connectivity index (χ0) is 19.9. The summed E-state index contributed by atoms with van der Waals surface area (Å²) in [7, 11) is 5.32. The molecule has 0 saturated carbocycles. The van der Waals surface area contributed by atoms with Gasteiger partial charge >= 0.3 is 0 Å². The number of carbonyl (C=O) groups is 1. The average Bonchev–Trinajstić information content (AvgIpc) is 2.73. The van der Waals surface area contributed by atoms with Gasteiger partial charge in [-0.05, 0) is 48.1 Å². The van der Waals surface area contributed by atoms with Gasteiger partial charge in [0.25, 0.3) is 5.91 Å². The average molecular weight is 506 g/mol. The Kier molecular flexibility index (Phi) is 8.95. The molecule has 156 valence electrons. The number of rotatable bonds is 5. The normalized spacial score (nSPS) is 15.7. The van der Waals surface area contributed by atoms with Crippen LogP contribution in [0.5, 0.6) is 0 Å². The van der Waals surface area contributed by atoms with Crippen molar-refractivity contribution in [3.8, 4) is 0 Å². The van der Waals surface area contributed by atoms with E-state index >= 15 is 0 Å². The van der Waals surface area contributed by atoms with Crippen molar-refractivity contribution >= 4 is 35.8 Å². The number of nitrogens with one attached hydrogen (secondary N) is 2. The third-order valence-corrected chi connectivity index (χ3v) is 5.30. The van der Waals surface area contributed by atoms with Crippen LogP contribution in [0.2, 0.25) is 0 Å². The van der Waals surface area contributed by atoms with E-state index in [1.54, 1.807) is 26.0 Å². The summed E-state index contributed by atoms with van der Waals surface area (Å²) in [6, 6.07) is 16.5. The number of hydrogen-bond acceptors (Lipinski definition) is 2. The number of halogens is 1. The van der Waals surface area contributed by atoms with Crippen LogP contribution >= 0.6 is 24.0 Å². The van der Waals surface area contributed by atoms with E-state index in [2.05, 4.69) is 39.9 Å². The molecule has 5 nitrogen and oxygen atoms in total. The number of aryl methyl sites for hydroxylation is 1. The van der Waals surface area contributed by atoms with Gasteiger partial charge < -0.3 is 15.5 Å². The molecular formula is C23H31IN4O. The summed E-state index contributed by atoms with van der Waals surface area (Å²) in [5.41, 5.74) is 4.77. The Balaban J connectivity index is 0.00000300. The Hall–Kier alpha value is -2.09. The van der Waals surface area contributed by atoms with Crippen molar-refractivity contribution in [2.75, 3.05) is 27.7 Å².